The van der Waals surface area contributed by atoms with Gasteiger partial charge in [0.05, 0.1) is 0 Å². The van der Waals surface area contributed by atoms with Gasteiger partial charge in [-0.25, -0.2) is 5.01 Å². The zero-order valence-corrected chi connectivity index (χ0v) is 15.8. The molecule has 0 aromatic heterocycles. The largest absolute Gasteiger partial charge is 0.304 e. The van der Waals surface area contributed by atoms with Crippen LogP contribution in [0.2, 0.25) is 0 Å². The number of hydrogen-bond donors (Lipinski definition) is 1. The van der Waals surface area contributed by atoms with E-state index in [0.717, 1.165) is 5.56 Å². The number of benzene rings is 1. The summed E-state index contributed by atoms with van der Waals surface area (Å²) >= 11 is 1.35. The maximum Gasteiger partial charge on any atom is 0.241 e. The average Bonchev–Trinajstić information content (AvgIpc) is 2.89. The normalized spacial score (nSPS) is 18.7. The van der Waals surface area contributed by atoms with Gasteiger partial charge in [-0.2, -0.15) is 0 Å². The number of hydrogen-bond acceptors (Lipinski definition) is 4. The molecule has 2 rings (SSSR count). The van der Waals surface area contributed by atoms with Gasteiger partial charge in [-0.1, -0.05) is 69.8 Å². The fourth-order valence-corrected chi connectivity index (χ4v) is 3.14. The fraction of sp³-hybridized carbons (Fsp3) is 0.471. The Labute approximate surface area is 143 Å². The zero-order valence-electron chi connectivity index (χ0n) is 15.0. The van der Waals surface area contributed by atoms with Crippen LogP contribution in [0, 0.1) is 0 Å². The Morgan fingerprint density at radius 1 is 1.09 bits per heavy atom. The molecule has 0 spiro atoms. The van der Waals surface area contributed by atoms with Crippen molar-refractivity contribution in [3.8, 4) is 0 Å². The van der Waals surface area contributed by atoms with Crippen molar-refractivity contribution in [2.45, 2.75) is 53.3 Å². The first kappa shape index (κ1) is 21.2. The van der Waals surface area contributed by atoms with Gasteiger partial charge < -0.3 is 5.32 Å². The fourth-order valence-electron chi connectivity index (χ4n) is 1.94. The van der Waals surface area contributed by atoms with Crippen LogP contribution in [0.25, 0.3) is 0 Å². The quantitative estimate of drug-likeness (QED) is 0.845. The summed E-state index contributed by atoms with van der Waals surface area (Å²) in [4.78, 5) is 22.2. The number of amidine groups is 1. The highest BCUT2D eigenvalue weighted by molar-refractivity contribution is 8.14. The molecule has 2 amide bonds. The predicted octanol–water partition coefficient (Wildman–Crippen LogP) is 3.91. The summed E-state index contributed by atoms with van der Waals surface area (Å²) in [5.41, 5.74) is 0.958. The molecule has 1 heterocycles. The number of amides is 2. The highest BCUT2D eigenvalue weighted by Gasteiger charge is 2.43. The summed E-state index contributed by atoms with van der Waals surface area (Å²) in [7, 11) is 0. The Morgan fingerprint density at radius 3 is 2.04 bits per heavy atom. The van der Waals surface area contributed by atoms with Crippen molar-refractivity contribution in [3.05, 3.63) is 35.9 Å². The van der Waals surface area contributed by atoms with Crippen LogP contribution >= 0.6 is 11.8 Å². The van der Waals surface area contributed by atoms with Crippen molar-refractivity contribution in [1.82, 2.24) is 10.3 Å². The molecule has 1 N–H and O–H groups in total. The lowest BCUT2D eigenvalue weighted by molar-refractivity contribution is -0.131. The van der Waals surface area contributed by atoms with Gasteiger partial charge in [0.15, 0.2) is 5.17 Å². The zero-order chi connectivity index (χ0) is 18.0. The molecule has 0 radical (unpaired) electrons. The molecule has 1 unspecified atom stereocenters. The minimum Gasteiger partial charge on any atom is -0.304 e. The molecule has 0 aliphatic carbocycles. The Hall–Kier alpha value is -1.82. The van der Waals surface area contributed by atoms with Crippen LogP contribution in [-0.2, 0) is 14.5 Å². The van der Waals surface area contributed by atoms with Crippen LogP contribution in [0.1, 0.15) is 54.0 Å². The van der Waals surface area contributed by atoms with E-state index in [2.05, 4.69) is 10.4 Å². The summed E-state index contributed by atoms with van der Waals surface area (Å²) in [5, 5.41) is 8.66. The number of hydrazone groups is 1. The lowest BCUT2D eigenvalue weighted by atomic mass is 10.1. The molecular formula is C17H27N3O2S. The van der Waals surface area contributed by atoms with E-state index in [1.54, 1.807) is 0 Å². The van der Waals surface area contributed by atoms with E-state index in [9.17, 15) is 9.59 Å². The highest BCUT2D eigenvalue weighted by atomic mass is 32.2. The molecule has 0 saturated heterocycles. The first-order valence-electron chi connectivity index (χ1n) is 7.85. The van der Waals surface area contributed by atoms with Crippen LogP contribution in [0.15, 0.2) is 35.4 Å². The molecule has 1 aromatic carbocycles. The van der Waals surface area contributed by atoms with Crippen molar-refractivity contribution in [1.29, 1.82) is 0 Å². The Kier molecular flexibility index (Phi) is 9.25. The number of carbonyl (C=O) groups is 2. The van der Waals surface area contributed by atoms with Gasteiger partial charge >= 0.3 is 0 Å². The smallest absolute Gasteiger partial charge is 0.241 e. The summed E-state index contributed by atoms with van der Waals surface area (Å²) in [6, 6.07) is 9.62. The van der Waals surface area contributed by atoms with Crippen molar-refractivity contribution < 1.29 is 9.59 Å². The van der Waals surface area contributed by atoms with E-state index >= 15 is 0 Å². The van der Waals surface area contributed by atoms with Gasteiger partial charge in [-0.3, -0.25) is 9.59 Å². The molecule has 1 atom stereocenters. The van der Waals surface area contributed by atoms with Crippen LogP contribution in [-0.4, -0.2) is 22.0 Å². The molecule has 0 bridgehead atoms. The maximum absolute atomic E-state index is 11.8. The van der Waals surface area contributed by atoms with Crippen LogP contribution in [0.4, 0.5) is 0 Å². The Bertz CT molecular complexity index is 546. The van der Waals surface area contributed by atoms with E-state index in [0.29, 0.717) is 5.17 Å². The van der Waals surface area contributed by atoms with Gasteiger partial charge in [0.25, 0.3) is 0 Å². The number of nitrogens with one attached hydrogen (secondary N) is 1. The standard InChI is InChI=1S/C13H15N3O2S.2C2H6/c1-9(17)14-12-15-16(10(2)18)13(3,19-12)11-7-5-4-6-8-11;2*1-2/h4-8H,1-3H3,(H,14,15,17);2*1-2H3. The summed E-state index contributed by atoms with van der Waals surface area (Å²) in [6.07, 6.45) is 0. The molecule has 128 valence electrons. The first-order chi connectivity index (χ1) is 10.9. The van der Waals surface area contributed by atoms with Crippen LogP contribution in [0.5, 0.6) is 0 Å². The highest BCUT2D eigenvalue weighted by Crippen LogP contribution is 2.44. The SMILES string of the molecule is CC.CC.CC(=O)NC1=NN(C(C)=O)C(C)(c2ccccc2)S1. The van der Waals surface area contributed by atoms with Crippen molar-refractivity contribution in [3.63, 3.8) is 0 Å². The Morgan fingerprint density at radius 2 is 1.61 bits per heavy atom. The second-order valence-corrected chi connectivity index (χ2v) is 5.75. The molecule has 6 heteroatoms. The molecular weight excluding hydrogens is 310 g/mol. The molecule has 1 aliphatic rings. The molecule has 0 fully saturated rings. The number of nitrogens with zero attached hydrogens (tertiary/aromatic N) is 2. The third kappa shape index (κ3) is 5.39. The minimum atomic E-state index is -0.634. The predicted molar refractivity (Wildman–Crippen MR) is 97.9 cm³/mol. The van der Waals surface area contributed by atoms with E-state index in [-0.39, 0.29) is 11.8 Å². The van der Waals surface area contributed by atoms with E-state index in [4.69, 9.17) is 0 Å². The molecule has 1 aromatic rings. The van der Waals surface area contributed by atoms with Crippen molar-refractivity contribution in [2.75, 3.05) is 0 Å². The van der Waals surface area contributed by atoms with Crippen LogP contribution in [0.3, 0.4) is 0 Å². The van der Waals surface area contributed by atoms with Gasteiger partial charge in [-0.15, -0.1) is 5.10 Å². The number of carbonyl (C=O) groups excluding carboxylic acids is 2. The van der Waals surface area contributed by atoms with Gasteiger partial charge in [0, 0.05) is 13.8 Å². The lowest BCUT2D eigenvalue weighted by Gasteiger charge is -2.30. The molecule has 0 saturated carbocycles. The third-order valence-corrected chi connectivity index (χ3v) is 3.96. The average molecular weight is 337 g/mol. The van der Waals surface area contributed by atoms with E-state index < -0.39 is 4.87 Å². The Balaban J connectivity index is 0.00000112. The first-order valence-corrected chi connectivity index (χ1v) is 8.66. The number of rotatable bonds is 1. The maximum atomic E-state index is 11.8. The molecule has 1 aliphatic heterocycles. The van der Waals surface area contributed by atoms with Crippen molar-refractivity contribution >= 4 is 28.7 Å². The second kappa shape index (κ2) is 10.0. The second-order valence-electron chi connectivity index (χ2n) is 4.37. The monoisotopic (exact) mass is 337 g/mol. The lowest BCUT2D eigenvalue weighted by Crippen LogP contribution is -2.37. The van der Waals surface area contributed by atoms with Gasteiger partial charge in [0.2, 0.25) is 11.8 Å². The van der Waals surface area contributed by atoms with Crippen LogP contribution < -0.4 is 5.32 Å². The topological polar surface area (TPSA) is 61.8 Å². The van der Waals surface area contributed by atoms with Gasteiger partial charge in [-0.05, 0) is 12.5 Å². The summed E-state index contributed by atoms with van der Waals surface area (Å²) in [6.45, 7) is 12.8. The van der Waals surface area contributed by atoms with Crippen molar-refractivity contribution in [2.24, 2.45) is 5.10 Å². The summed E-state index contributed by atoms with van der Waals surface area (Å²) < 4.78 is 0. The summed E-state index contributed by atoms with van der Waals surface area (Å²) in [5.74, 6) is -0.369. The minimum absolute atomic E-state index is 0.167. The molecule has 23 heavy (non-hydrogen) atoms. The van der Waals surface area contributed by atoms with E-state index in [1.807, 2.05) is 65.0 Å². The molecule has 5 nitrogen and oxygen atoms in total. The number of thioether (sulfide) groups is 1. The third-order valence-electron chi connectivity index (χ3n) is 2.78. The van der Waals surface area contributed by atoms with Gasteiger partial charge in [0.1, 0.15) is 4.87 Å². The van der Waals surface area contributed by atoms with E-state index in [1.165, 1.54) is 30.6 Å².